The molecule has 0 aromatic rings. The van der Waals surface area contributed by atoms with Crippen LogP contribution in [0.2, 0.25) is 0 Å². The summed E-state index contributed by atoms with van der Waals surface area (Å²) in [7, 11) is 4.03. The highest BCUT2D eigenvalue weighted by atomic mass is 16.4. The van der Waals surface area contributed by atoms with E-state index in [1.807, 2.05) is 14.1 Å². The van der Waals surface area contributed by atoms with E-state index in [4.69, 9.17) is 5.11 Å². The van der Waals surface area contributed by atoms with Crippen molar-refractivity contribution in [1.82, 2.24) is 9.80 Å². The second-order valence-corrected chi connectivity index (χ2v) is 4.90. The number of carbonyl (C=O) groups is 1. The Morgan fingerprint density at radius 2 is 1.93 bits per heavy atom. The van der Waals surface area contributed by atoms with E-state index in [1.54, 1.807) is 0 Å². The predicted molar refractivity (Wildman–Crippen MR) is 59.9 cm³/mol. The Kier molecular flexibility index (Phi) is 4.54. The van der Waals surface area contributed by atoms with Gasteiger partial charge < -0.3 is 10.0 Å². The summed E-state index contributed by atoms with van der Waals surface area (Å²) >= 11 is 0. The first-order valence-corrected chi connectivity index (χ1v) is 5.59. The van der Waals surface area contributed by atoms with Gasteiger partial charge in [-0.15, -0.1) is 0 Å². The van der Waals surface area contributed by atoms with Crippen molar-refractivity contribution < 1.29 is 9.90 Å². The van der Waals surface area contributed by atoms with E-state index in [0.29, 0.717) is 6.04 Å². The standard InChI is InChI=1S/C11H22N2O2/c1-9-6-10(7-9)13(8-11(14)15)5-4-12(2)3/h9-10H,4-8H2,1-3H3,(H,14,15). The van der Waals surface area contributed by atoms with E-state index in [0.717, 1.165) is 31.8 Å². The van der Waals surface area contributed by atoms with E-state index >= 15 is 0 Å². The van der Waals surface area contributed by atoms with Gasteiger partial charge >= 0.3 is 5.97 Å². The Morgan fingerprint density at radius 3 is 2.33 bits per heavy atom. The molecular weight excluding hydrogens is 192 g/mol. The Labute approximate surface area is 91.9 Å². The molecule has 0 amide bonds. The van der Waals surface area contributed by atoms with E-state index < -0.39 is 5.97 Å². The Hall–Kier alpha value is -0.610. The molecule has 1 N–H and O–H groups in total. The molecular formula is C11H22N2O2. The lowest BCUT2D eigenvalue weighted by molar-refractivity contribution is -0.139. The van der Waals surface area contributed by atoms with Crippen LogP contribution in [0.25, 0.3) is 0 Å². The number of rotatable bonds is 6. The molecule has 15 heavy (non-hydrogen) atoms. The minimum absolute atomic E-state index is 0.186. The van der Waals surface area contributed by atoms with Crippen LogP contribution in [-0.2, 0) is 4.79 Å². The van der Waals surface area contributed by atoms with Crippen LogP contribution in [0.5, 0.6) is 0 Å². The van der Waals surface area contributed by atoms with E-state index in [-0.39, 0.29) is 6.54 Å². The molecule has 0 aliphatic heterocycles. The fourth-order valence-electron chi connectivity index (χ4n) is 2.05. The molecule has 4 heteroatoms. The van der Waals surface area contributed by atoms with E-state index in [9.17, 15) is 4.79 Å². The summed E-state index contributed by atoms with van der Waals surface area (Å²) < 4.78 is 0. The number of likely N-dealkylation sites (N-methyl/N-ethyl adjacent to an activating group) is 1. The summed E-state index contributed by atoms with van der Waals surface area (Å²) in [6.07, 6.45) is 2.31. The van der Waals surface area contributed by atoms with Crippen LogP contribution in [0, 0.1) is 5.92 Å². The Morgan fingerprint density at radius 1 is 1.33 bits per heavy atom. The highest BCUT2D eigenvalue weighted by molar-refractivity contribution is 5.69. The first-order chi connectivity index (χ1) is 6.99. The van der Waals surface area contributed by atoms with Crippen molar-refractivity contribution in [2.75, 3.05) is 33.7 Å². The fraction of sp³-hybridized carbons (Fsp3) is 0.909. The van der Waals surface area contributed by atoms with Crippen LogP contribution >= 0.6 is 0 Å². The van der Waals surface area contributed by atoms with Crippen molar-refractivity contribution in [3.05, 3.63) is 0 Å². The van der Waals surface area contributed by atoms with Crippen molar-refractivity contribution in [3.63, 3.8) is 0 Å². The minimum atomic E-state index is -0.715. The lowest BCUT2D eigenvalue weighted by atomic mass is 9.81. The highest BCUT2D eigenvalue weighted by Gasteiger charge is 2.31. The van der Waals surface area contributed by atoms with Gasteiger partial charge in [0, 0.05) is 19.1 Å². The van der Waals surface area contributed by atoms with Crippen LogP contribution in [-0.4, -0.2) is 60.6 Å². The van der Waals surface area contributed by atoms with E-state index in [2.05, 4.69) is 16.7 Å². The van der Waals surface area contributed by atoms with Crippen molar-refractivity contribution >= 4 is 5.97 Å². The lowest BCUT2D eigenvalue weighted by Crippen LogP contribution is -2.48. The molecule has 1 aliphatic carbocycles. The summed E-state index contributed by atoms with van der Waals surface area (Å²) in [5.74, 6) is 0.0546. The zero-order chi connectivity index (χ0) is 11.4. The van der Waals surface area contributed by atoms with Gasteiger partial charge in [-0.2, -0.15) is 0 Å². The monoisotopic (exact) mass is 214 g/mol. The molecule has 0 heterocycles. The van der Waals surface area contributed by atoms with Gasteiger partial charge in [0.1, 0.15) is 0 Å². The molecule has 0 saturated heterocycles. The van der Waals surface area contributed by atoms with Crippen LogP contribution in [0.4, 0.5) is 0 Å². The largest absolute Gasteiger partial charge is 0.480 e. The number of hydrogen-bond donors (Lipinski definition) is 1. The molecule has 0 aromatic carbocycles. The molecule has 1 rings (SSSR count). The molecule has 0 spiro atoms. The van der Waals surface area contributed by atoms with Crippen LogP contribution in [0.15, 0.2) is 0 Å². The maximum Gasteiger partial charge on any atom is 0.317 e. The van der Waals surface area contributed by atoms with Gasteiger partial charge in [0.2, 0.25) is 0 Å². The third kappa shape index (κ3) is 4.18. The van der Waals surface area contributed by atoms with Gasteiger partial charge in [0.15, 0.2) is 0 Å². The van der Waals surface area contributed by atoms with Crippen molar-refractivity contribution in [1.29, 1.82) is 0 Å². The third-order valence-corrected chi connectivity index (χ3v) is 3.04. The number of nitrogens with zero attached hydrogens (tertiary/aromatic N) is 2. The number of hydrogen-bond acceptors (Lipinski definition) is 3. The van der Waals surface area contributed by atoms with Gasteiger partial charge in [0.25, 0.3) is 0 Å². The quantitative estimate of drug-likeness (QED) is 0.708. The molecule has 0 unspecified atom stereocenters. The average molecular weight is 214 g/mol. The SMILES string of the molecule is CC1CC(N(CCN(C)C)CC(=O)O)C1. The van der Waals surface area contributed by atoms with Gasteiger partial charge in [0.05, 0.1) is 6.54 Å². The summed E-state index contributed by atoms with van der Waals surface area (Å²) in [5.41, 5.74) is 0. The van der Waals surface area contributed by atoms with Gasteiger partial charge in [-0.05, 0) is 32.9 Å². The van der Waals surface area contributed by atoms with Gasteiger partial charge in [-0.25, -0.2) is 0 Å². The average Bonchev–Trinajstić information content (AvgIpc) is 2.06. The molecule has 1 fully saturated rings. The lowest BCUT2D eigenvalue weighted by Gasteiger charge is -2.41. The normalized spacial score (nSPS) is 25.7. The zero-order valence-electron chi connectivity index (χ0n) is 9.94. The number of aliphatic carboxylic acids is 1. The molecule has 1 saturated carbocycles. The predicted octanol–water partition coefficient (Wildman–Crippen LogP) is 0.733. The zero-order valence-corrected chi connectivity index (χ0v) is 9.94. The van der Waals surface area contributed by atoms with Gasteiger partial charge in [-0.1, -0.05) is 6.92 Å². The third-order valence-electron chi connectivity index (χ3n) is 3.04. The molecule has 0 aromatic heterocycles. The summed E-state index contributed by atoms with van der Waals surface area (Å²) in [6, 6.07) is 0.496. The first-order valence-electron chi connectivity index (χ1n) is 5.59. The van der Waals surface area contributed by atoms with E-state index in [1.165, 1.54) is 0 Å². The van der Waals surface area contributed by atoms with Crippen molar-refractivity contribution in [3.8, 4) is 0 Å². The van der Waals surface area contributed by atoms with Crippen LogP contribution < -0.4 is 0 Å². The maximum atomic E-state index is 10.7. The minimum Gasteiger partial charge on any atom is -0.480 e. The summed E-state index contributed by atoms with van der Waals surface area (Å²) in [6.45, 7) is 4.20. The van der Waals surface area contributed by atoms with Crippen LogP contribution in [0.1, 0.15) is 19.8 Å². The topological polar surface area (TPSA) is 43.8 Å². The molecule has 1 aliphatic rings. The molecule has 0 atom stereocenters. The number of carboxylic acid groups (broad SMARTS) is 1. The molecule has 0 radical (unpaired) electrons. The maximum absolute atomic E-state index is 10.7. The smallest absolute Gasteiger partial charge is 0.317 e. The first kappa shape index (κ1) is 12.5. The van der Waals surface area contributed by atoms with Crippen LogP contribution in [0.3, 0.4) is 0 Å². The van der Waals surface area contributed by atoms with Gasteiger partial charge in [-0.3, -0.25) is 9.69 Å². The highest BCUT2D eigenvalue weighted by Crippen LogP contribution is 2.30. The van der Waals surface area contributed by atoms with Crippen molar-refractivity contribution in [2.24, 2.45) is 5.92 Å². The summed E-state index contributed by atoms with van der Waals surface area (Å²) in [5, 5.41) is 8.83. The fourth-order valence-corrected chi connectivity index (χ4v) is 2.05. The molecule has 4 nitrogen and oxygen atoms in total. The van der Waals surface area contributed by atoms with Crippen molar-refractivity contribution in [2.45, 2.75) is 25.8 Å². The summed E-state index contributed by atoms with van der Waals surface area (Å²) in [4.78, 5) is 14.9. The molecule has 0 bridgehead atoms. The Balaban J connectivity index is 2.35. The molecule has 88 valence electrons. The number of carboxylic acids is 1. The Bertz CT molecular complexity index is 213. The second kappa shape index (κ2) is 5.47. The second-order valence-electron chi connectivity index (χ2n) is 4.90.